The molecule has 4 rings (SSSR count). The summed E-state index contributed by atoms with van der Waals surface area (Å²) >= 11 is 0. The molecule has 3 aromatic rings. The topological polar surface area (TPSA) is 147 Å². The number of ether oxygens (including phenoxy) is 1. The van der Waals surface area contributed by atoms with Crippen molar-refractivity contribution in [3.63, 3.8) is 0 Å². The van der Waals surface area contributed by atoms with Gasteiger partial charge < -0.3 is 24.8 Å². The lowest BCUT2D eigenvalue weighted by Gasteiger charge is -2.31. The van der Waals surface area contributed by atoms with Gasteiger partial charge in [0.25, 0.3) is 0 Å². The summed E-state index contributed by atoms with van der Waals surface area (Å²) in [6, 6.07) is 19.5. The molecule has 0 unspecified atom stereocenters. The fourth-order valence-electron chi connectivity index (χ4n) is 4.07. The van der Waals surface area contributed by atoms with E-state index in [1.807, 2.05) is 12.1 Å². The molecular weight excluding hydrogens is 509 g/mol. The normalized spacial score (nSPS) is 15.2. The zero-order valence-electron chi connectivity index (χ0n) is 20.6. The molecule has 1 amide bonds. The number of benzene rings is 2. The SMILES string of the molecule is O=C(N[C@@H](CC1CCC1)OB(O)O)[C@H](Cc1ccccc1)NS(=O)(=O)c1ccc(Oc2ccccc2)nc1. The van der Waals surface area contributed by atoms with Crippen LogP contribution < -0.4 is 14.8 Å². The summed E-state index contributed by atoms with van der Waals surface area (Å²) in [6.07, 6.45) is 3.59. The minimum Gasteiger partial charge on any atom is -0.439 e. The number of carbonyl (C=O) groups is 1. The minimum absolute atomic E-state index is 0.0619. The summed E-state index contributed by atoms with van der Waals surface area (Å²) in [5.74, 6) is 0.401. The van der Waals surface area contributed by atoms with Gasteiger partial charge in [-0.25, -0.2) is 13.4 Å². The number of nitrogens with zero attached hydrogens (tertiary/aromatic N) is 1. The van der Waals surface area contributed by atoms with Gasteiger partial charge in [-0.15, -0.1) is 0 Å². The maximum atomic E-state index is 13.3. The van der Waals surface area contributed by atoms with Gasteiger partial charge in [0.2, 0.25) is 21.8 Å². The molecule has 2 atom stereocenters. The van der Waals surface area contributed by atoms with E-state index in [0.29, 0.717) is 12.2 Å². The predicted octanol–water partition coefficient (Wildman–Crippen LogP) is 2.38. The summed E-state index contributed by atoms with van der Waals surface area (Å²) in [4.78, 5) is 17.2. The van der Waals surface area contributed by atoms with Gasteiger partial charge in [0.05, 0.1) is 6.20 Å². The van der Waals surface area contributed by atoms with Crippen molar-refractivity contribution in [3.05, 3.63) is 84.6 Å². The largest absolute Gasteiger partial charge is 0.635 e. The second kappa shape index (κ2) is 13.0. The number of amides is 1. The zero-order valence-corrected chi connectivity index (χ0v) is 21.5. The van der Waals surface area contributed by atoms with Crippen molar-refractivity contribution in [1.29, 1.82) is 0 Å². The van der Waals surface area contributed by atoms with E-state index >= 15 is 0 Å². The van der Waals surface area contributed by atoms with Gasteiger partial charge in [0.1, 0.15) is 22.9 Å². The second-order valence-electron chi connectivity index (χ2n) is 9.10. The lowest BCUT2D eigenvalue weighted by atomic mass is 9.82. The molecule has 4 N–H and O–H groups in total. The van der Waals surface area contributed by atoms with Crippen LogP contribution in [0.3, 0.4) is 0 Å². The highest BCUT2D eigenvalue weighted by atomic mass is 32.2. The van der Waals surface area contributed by atoms with Crippen LogP contribution in [0.5, 0.6) is 11.6 Å². The van der Waals surface area contributed by atoms with Gasteiger partial charge in [-0.05, 0) is 42.5 Å². The maximum absolute atomic E-state index is 13.3. The van der Waals surface area contributed by atoms with Crippen LogP contribution in [0.4, 0.5) is 0 Å². The zero-order chi connectivity index (χ0) is 27.0. The van der Waals surface area contributed by atoms with Crippen LogP contribution in [-0.2, 0) is 25.9 Å². The Morgan fingerprint density at radius 2 is 1.71 bits per heavy atom. The number of rotatable bonds is 13. The first-order valence-corrected chi connectivity index (χ1v) is 13.8. The maximum Gasteiger partial charge on any atom is 0.635 e. The van der Waals surface area contributed by atoms with Crippen LogP contribution in [-0.4, -0.2) is 48.9 Å². The smallest absolute Gasteiger partial charge is 0.439 e. The Morgan fingerprint density at radius 1 is 1.03 bits per heavy atom. The van der Waals surface area contributed by atoms with Crippen LogP contribution >= 0.6 is 0 Å². The second-order valence-corrected chi connectivity index (χ2v) is 10.8. The predicted molar refractivity (Wildman–Crippen MR) is 140 cm³/mol. The van der Waals surface area contributed by atoms with E-state index in [0.717, 1.165) is 31.0 Å². The fourth-order valence-corrected chi connectivity index (χ4v) is 5.21. The van der Waals surface area contributed by atoms with Gasteiger partial charge in [0.15, 0.2) is 0 Å². The Bertz CT molecular complexity index is 1280. The standard InChI is InChI=1S/C26H30BN3O7S/c31-26(29-25(37-27(32)33)17-20-10-7-11-20)23(16-19-8-3-1-4-9-19)30-38(34,35)22-14-15-24(28-18-22)36-21-12-5-2-6-13-21/h1-6,8-9,12-15,18,20,23,25,30,32-33H,7,10-11,16-17H2,(H,29,31)/t23-,25+/m0/s1. The molecule has 1 aliphatic carbocycles. The molecule has 2 aromatic carbocycles. The van der Waals surface area contributed by atoms with Crippen molar-refractivity contribution in [1.82, 2.24) is 15.0 Å². The van der Waals surface area contributed by atoms with Crippen molar-refractivity contribution in [2.75, 3.05) is 0 Å². The van der Waals surface area contributed by atoms with Gasteiger partial charge in [0, 0.05) is 6.07 Å². The first-order valence-electron chi connectivity index (χ1n) is 12.4. The van der Waals surface area contributed by atoms with Gasteiger partial charge in [-0.1, -0.05) is 67.8 Å². The van der Waals surface area contributed by atoms with Gasteiger partial charge >= 0.3 is 7.32 Å². The molecule has 200 valence electrons. The van der Waals surface area contributed by atoms with E-state index in [-0.39, 0.29) is 23.1 Å². The molecule has 12 heteroatoms. The van der Waals surface area contributed by atoms with Crippen LogP contribution in [0.25, 0.3) is 0 Å². The highest BCUT2D eigenvalue weighted by molar-refractivity contribution is 7.89. The van der Waals surface area contributed by atoms with E-state index in [2.05, 4.69) is 15.0 Å². The average Bonchev–Trinajstić information content (AvgIpc) is 2.87. The Balaban J connectivity index is 1.49. The molecule has 0 spiro atoms. The van der Waals surface area contributed by atoms with Crippen LogP contribution in [0.2, 0.25) is 0 Å². The number of nitrogens with one attached hydrogen (secondary N) is 2. The molecule has 1 aromatic heterocycles. The molecule has 10 nitrogen and oxygen atoms in total. The Morgan fingerprint density at radius 3 is 2.29 bits per heavy atom. The fraction of sp³-hybridized carbons (Fsp3) is 0.308. The molecule has 0 saturated heterocycles. The number of hydrogen-bond acceptors (Lipinski definition) is 8. The number of carbonyl (C=O) groups excluding carboxylic acids is 1. The van der Waals surface area contributed by atoms with Crippen molar-refractivity contribution in [3.8, 4) is 11.6 Å². The van der Waals surface area contributed by atoms with Crippen molar-refractivity contribution < 1.29 is 32.7 Å². The molecule has 0 radical (unpaired) electrons. The molecule has 1 heterocycles. The third-order valence-electron chi connectivity index (χ3n) is 6.24. The van der Waals surface area contributed by atoms with Crippen LogP contribution in [0.1, 0.15) is 31.2 Å². The molecule has 1 aliphatic rings. The highest BCUT2D eigenvalue weighted by Gasteiger charge is 2.31. The van der Waals surface area contributed by atoms with Crippen LogP contribution in [0.15, 0.2) is 83.9 Å². The number of para-hydroxylation sites is 1. The highest BCUT2D eigenvalue weighted by Crippen LogP contribution is 2.30. The van der Waals surface area contributed by atoms with Crippen molar-refractivity contribution in [2.45, 2.75) is 49.3 Å². The van der Waals surface area contributed by atoms with E-state index in [1.165, 1.54) is 12.1 Å². The summed E-state index contributed by atoms with van der Waals surface area (Å²) in [7, 11) is -6.23. The number of sulfonamides is 1. The Kier molecular flexibility index (Phi) is 9.48. The quantitative estimate of drug-likeness (QED) is 0.191. The molecule has 38 heavy (non-hydrogen) atoms. The van der Waals surface area contributed by atoms with E-state index in [9.17, 15) is 23.3 Å². The van der Waals surface area contributed by atoms with Crippen LogP contribution in [0, 0.1) is 5.92 Å². The lowest BCUT2D eigenvalue weighted by molar-refractivity contribution is -0.126. The molecule has 1 saturated carbocycles. The molecular formula is C26H30BN3O7S. The number of pyridine rings is 1. The number of hydrogen-bond donors (Lipinski definition) is 4. The Hall–Kier alpha value is -3.29. The van der Waals surface area contributed by atoms with E-state index < -0.39 is 35.5 Å². The molecule has 0 aliphatic heterocycles. The van der Waals surface area contributed by atoms with E-state index in [4.69, 9.17) is 9.39 Å². The third-order valence-corrected chi connectivity index (χ3v) is 7.70. The third kappa shape index (κ3) is 8.11. The van der Waals surface area contributed by atoms with Gasteiger partial charge in [-0.2, -0.15) is 4.72 Å². The lowest BCUT2D eigenvalue weighted by Crippen LogP contribution is -2.52. The van der Waals surface area contributed by atoms with Crippen molar-refractivity contribution in [2.24, 2.45) is 5.92 Å². The number of aromatic nitrogens is 1. The molecule has 0 bridgehead atoms. The first kappa shape index (κ1) is 27.7. The molecule has 1 fully saturated rings. The summed E-state index contributed by atoms with van der Waals surface area (Å²) in [5, 5.41) is 21.3. The minimum atomic E-state index is -4.16. The summed E-state index contributed by atoms with van der Waals surface area (Å²) in [6.45, 7) is 0. The first-order chi connectivity index (χ1) is 18.3. The average molecular weight is 539 g/mol. The van der Waals surface area contributed by atoms with Gasteiger partial charge in [-0.3, -0.25) is 4.79 Å². The van der Waals surface area contributed by atoms with Crippen molar-refractivity contribution >= 4 is 23.3 Å². The Labute approximate surface area is 222 Å². The summed E-state index contributed by atoms with van der Waals surface area (Å²) in [5.41, 5.74) is 0.735. The monoisotopic (exact) mass is 539 g/mol. The summed E-state index contributed by atoms with van der Waals surface area (Å²) < 4.78 is 39.6. The van der Waals surface area contributed by atoms with E-state index in [1.54, 1.807) is 48.5 Å².